The van der Waals surface area contributed by atoms with Crippen molar-refractivity contribution in [2.24, 2.45) is 5.10 Å². The largest absolute Gasteiger partial charge is 0.310 e. The summed E-state index contributed by atoms with van der Waals surface area (Å²) in [6.45, 7) is 1.54. The SMILES string of the molecule is CCS(=O)(=O)OC1C=N[n+]2ccc3ccccc3c2N1. The van der Waals surface area contributed by atoms with Crippen LogP contribution in [0.3, 0.4) is 0 Å². The zero-order chi connectivity index (χ0) is 14.2. The van der Waals surface area contributed by atoms with Crippen LogP contribution in [-0.4, -0.2) is 26.6 Å². The smallest absolute Gasteiger partial charge is 0.239 e. The molecule has 1 unspecified atom stereocenters. The maximum absolute atomic E-state index is 11.5. The van der Waals surface area contributed by atoms with E-state index in [1.807, 2.05) is 36.5 Å². The minimum atomic E-state index is -3.54. The van der Waals surface area contributed by atoms with Crippen LogP contribution in [0.5, 0.6) is 0 Å². The zero-order valence-corrected chi connectivity index (χ0v) is 11.7. The van der Waals surface area contributed by atoms with Crippen molar-refractivity contribution in [3.63, 3.8) is 0 Å². The lowest BCUT2D eigenvalue weighted by Crippen LogP contribution is -2.43. The average molecular weight is 292 g/mol. The Bertz CT molecular complexity index is 787. The molecule has 1 aliphatic rings. The Kier molecular flexibility index (Phi) is 3.15. The average Bonchev–Trinajstić information content (AvgIpc) is 2.47. The number of fused-ring (bicyclic) bond motifs is 3. The lowest BCUT2D eigenvalue weighted by Gasteiger charge is -2.15. The molecular formula is C13H14N3O3S+. The van der Waals surface area contributed by atoms with Gasteiger partial charge in [0.25, 0.3) is 16.3 Å². The van der Waals surface area contributed by atoms with E-state index in [0.29, 0.717) is 5.82 Å². The first-order valence-electron chi connectivity index (χ1n) is 6.24. The molecule has 104 valence electrons. The summed E-state index contributed by atoms with van der Waals surface area (Å²) in [5, 5.41) is 9.22. The van der Waals surface area contributed by atoms with Crippen LogP contribution in [-0.2, 0) is 14.3 Å². The molecular weight excluding hydrogens is 278 g/mol. The minimum Gasteiger partial charge on any atom is -0.239 e. The normalized spacial score (nSPS) is 17.8. The van der Waals surface area contributed by atoms with Gasteiger partial charge in [0, 0.05) is 0 Å². The predicted octanol–water partition coefficient (Wildman–Crippen LogP) is 1.08. The second-order valence-corrected chi connectivity index (χ2v) is 6.25. The Balaban J connectivity index is 2.00. The molecule has 0 saturated heterocycles. The number of pyridine rings is 1. The van der Waals surface area contributed by atoms with Gasteiger partial charge >= 0.3 is 5.82 Å². The molecule has 0 fully saturated rings. The Morgan fingerprint density at radius 2 is 2.15 bits per heavy atom. The van der Waals surface area contributed by atoms with Gasteiger partial charge in [-0.2, -0.15) is 8.42 Å². The Morgan fingerprint density at radius 3 is 2.95 bits per heavy atom. The lowest BCUT2D eigenvalue weighted by atomic mass is 10.1. The summed E-state index contributed by atoms with van der Waals surface area (Å²) in [4.78, 5) is 0. The van der Waals surface area contributed by atoms with E-state index < -0.39 is 16.3 Å². The molecule has 20 heavy (non-hydrogen) atoms. The van der Waals surface area contributed by atoms with Gasteiger partial charge in [-0.05, 0) is 24.4 Å². The highest BCUT2D eigenvalue weighted by Gasteiger charge is 2.27. The zero-order valence-electron chi connectivity index (χ0n) is 10.9. The number of hydrogen-bond donors (Lipinski definition) is 1. The predicted molar refractivity (Wildman–Crippen MR) is 76.0 cm³/mol. The molecule has 0 spiro atoms. The second-order valence-electron chi connectivity index (χ2n) is 4.37. The minimum absolute atomic E-state index is 0.0748. The van der Waals surface area contributed by atoms with Crippen LogP contribution in [0.4, 0.5) is 5.82 Å². The van der Waals surface area contributed by atoms with Gasteiger partial charge in [-0.25, -0.2) is 9.50 Å². The van der Waals surface area contributed by atoms with E-state index in [-0.39, 0.29) is 5.75 Å². The van der Waals surface area contributed by atoms with Crippen molar-refractivity contribution in [2.75, 3.05) is 11.1 Å². The van der Waals surface area contributed by atoms with Crippen molar-refractivity contribution < 1.29 is 17.3 Å². The van der Waals surface area contributed by atoms with Crippen molar-refractivity contribution in [3.05, 3.63) is 36.5 Å². The van der Waals surface area contributed by atoms with E-state index in [4.69, 9.17) is 4.18 Å². The number of hydrogen-bond acceptors (Lipinski definition) is 5. The van der Waals surface area contributed by atoms with Crippen molar-refractivity contribution in [1.82, 2.24) is 0 Å². The summed E-state index contributed by atoms with van der Waals surface area (Å²) in [5.41, 5.74) is 0. The molecule has 0 saturated carbocycles. The Morgan fingerprint density at radius 1 is 1.35 bits per heavy atom. The van der Waals surface area contributed by atoms with Gasteiger partial charge in [-0.15, -0.1) is 4.68 Å². The van der Waals surface area contributed by atoms with Gasteiger partial charge in [0.2, 0.25) is 0 Å². The van der Waals surface area contributed by atoms with Crippen LogP contribution in [0, 0.1) is 0 Å². The van der Waals surface area contributed by atoms with Gasteiger partial charge in [-0.1, -0.05) is 23.3 Å². The molecule has 1 atom stereocenters. The van der Waals surface area contributed by atoms with E-state index in [0.717, 1.165) is 10.8 Å². The van der Waals surface area contributed by atoms with Crippen molar-refractivity contribution >= 4 is 32.9 Å². The third kappa shape index (κ3) is 2.37. The molecule has 3 rings (SSSR count). The number of nitrogens with one attached hydrogen (secondary N) is 1. The van der Waals surface area contributed by atoms with Crippen LogP contribution in [0.1, 0.15) is 6.92 Å². The van der Waals surface area contributed by atoms with Crippen molar-refractivity contribution in [2.45, 2.75) is 13.2 Å². The molecule has 7 heteroatoms. The standard InChI is InChI=1S/C13H13N3O3S/c1-2-20(17,18)19-12-9-14-16-8-7-10-5-3-4-6-11(10)13(16)15-12/h3-9,12H,2H2,1H3/p+1. The fraction of sp³-hybridized carbons (Fsp3) is 0.231. The number of benzene rings is 1. The van der Waals surface area contributed by atoms with E-state index in [1.165, 1.54) is 13.1 Å². The first kappa shape index (κ1) is 13.0. The third-order valence-electron chi connectivity index (χ3n) is 3.05. The molecule has 2 aromatic rings. The fourth-order valence-corrected chi connectivity index (χ4v) is 2.58. The molecule has 1 aromatic heterocycles. The number of anilines is 1. The quantitative estimate of drug-likeness (QED) is 0.679. The fourth-order valence-electron chi connectivity index (χ4n) is 2.03. The first-order valence-corrected chi connectivity index (χ1v) is 7.82. The molecule has 0 radical (unpaired) electrons. The van der Waals surface area contributed by atoms with E-state index in [2.05, 4.69) is 10.4 Å². The van der Waals surface area contributed by atoms with Gasteiger partial charge in [0.15, 0.2) is 0 Å². The van der Waals surface area contributed by atoms with Crippen LogP contribution in [0.15, 0.2) is 41.6 Å². The molecule has 1 aliphatic heterocycles. The van der Waals surface area contributed by atoms with Gasteiger partial charge < -0.3 is 0 Å². The maximum Gasteiger partial charge on any atom is 0.310 e. The Hall–Kier alpha value is -1.99. The summed E-state index contributed by atoms with van der Waals surface area (Å²) in [7, 11) is -3.54. The van der Waals surface area contributed by atoms with Crippen LogP contribution < -0.4 is 9.99 Å². The monoisotopic (exact) mass is 292 g/mol. The van der Waals surface area contributed by atoms with E-state index in [1.54, 1.807) is 4.68 Å². The molecule has 1 aromatic carbocycles. The van der Waals surface area contributed by atoms with Crippen molar-refractivity contribution in [1.29, 1.82) is 0 Å². The molecule has 6 nitrogen and oxygen atoms in total. The molecule has 2 heterocycles. The highest BCUT2D eigenvalue weighted by atomic mass is 32.2. The molecule has 0 aliphatic carbocycles. The van der Waals surface area contributed by atoms with Crippen LogP contribution >= 0.6 is 0 Å². The Labute approximate surface area is 116 Å². The van der Waals surface area contributed by atoms with E-state index >= 15 is 0 Å². The summed E-state index contributed by atoms with van der Waals surface area (Å²) < 4.78 is 29.7. The van der Waals surface area contributed by atoms with Crippen LogP contribution in [0.25, 0.3) is 10.8 Å². The maximum atomic E-state index is 11.5. The second kappa shape index (κ2) is 4.84. The summed E-state index contributed by atoms with van der Waals surface area (Å²) in [6.07, 6.45) is 2.45. The first-order chi connectivity index (χ1) is 9.59. The lowest BCUT2D eigenvalue weighted by molar-refractivity contribution is -0.664. The highest BCUT2D eigenvalue weighted by Crippen LogP contribution is 2.21. The summed E-state index contributed by atoms with van der Waals surface area (Å²) in [5.74, 6) is 0.635. The van der Waals surface area contributed by atoms with Crippen molar-refractivity contribution in [3.8, 4) is 0 Å². The molecule has 0 amide bonds. The topological polar surface area (TPSA) is 71.6 Å². The summed E-state index contributed by atoms with van der Waals surface area (Å²) >= 11 is 0. The van der Waals surface area contributed by atoms with Crippen LogP contribution in [0.2, 0.25) is 0 Å². The number of aromatic nitrogens is 1. The number of rotatable bonds is 3. The van der Waals surface area contributed by atoms with Gasteiger partial charge in [0.1, 0.15) is 12.4 Å². The van der Waals surface area contributed by atoms with Gasteiger partial charge in [0.05, 0.1) is 11.1 Å². The number of nitrogens with zero attached hydrogens (tertiary/aromatic N) is 2. The molecule has 1 N–H and O–H groups in total. The highest BCUT2D eigenvalue weighted by molar-refractivity contribution is 7.86. The summed E-state index contributed by atoms with van der Waals surface area (Å²) in [6, 6.07) is 9.74. The third-order valence-corrected chi connectivity index (χ3v) is 4.26. The van der Waals surface area contributed by atoms with Gasteiger partial charge in [-0.3, -0.25) is 0 Å². The molecule has 0 bridgehead atoms. The van der Waals surface area contributed by atoms with E-state index in [9.17, 15) is 8.42 Å².